The average molecular weight is 543 g/mol. The van der Waals surface area contributed by atoms with Gasteiger partial charge < -0.3 is 19.8 Å². The highest BCUT2D eigenvalue weighted by Crippen LogP contribution is 2.42. The summed E-state index contributed by atoms with van der Waals surface area (Å²) in [5, 5.41) is 27.1. The summed E-state index contributed by atoms with van der Waals surface area (Å²) in [5.41, 5.74) is -4.10. The molecule has 0 aromatic heterocycles. The Bertz CT molecular complexity index is 1250. The first kappa shape index (κ1) is 28.2. The molecule has 0 unspecified atom stereocenters. The molecule has 37 heavy (non-hydrogen) atoms. The molecular weight excluding hydrogens is 522 g/mol. The number of anilines is 2. The van der Waals surface area contributed by atoms with Gasteiger partial charge in [-0.15, -0.1) is 0 Å². The maximum atomic E-state index is 14.9. The van der Waals surface area contributed by atoms with Crippen molar-refractivity contribution in [2.24, 2.45) is 0 Å². The van der Waals surface area contributed by atoms with E-state index in [-0.39, 0.29) is 11.4 Å². The molecule has 1 amide bonds. The average Bonchev–Trinajstić information content (AvgIpc) is 3.05. The van der Waals surface area contributed by atoms with Gasteiger partial charge in [0.15, 0.2) is 0 Å². The van der Waals surface area contributed by atoms with Gasteiger partial charge in [0.1, 0.15) is 24.1 Å². The number of nitrogens with zero attached hydrogens (tertiary/aromatic N) is 3. The number of hydrogen-bond donors (Lipinski definition) is 3. The smallest absolute Gasteiger partial charge is 0.417 e. The van der Waals surface area contributed by atoms with Gasteiger partial charge in [-0.25, -0.2) is 9.18 Å². The Kier molecular flexibility index (Phi) is 8.03. The van der Waals surface area contributed by atoms with E-state index in [1.165, 1.54) is 30.9 Å². The van der Waals surface area contributed by atoms with Gasteiger partial charge in [-0.05, 0) is 63.2 Å². The highest BCUT2D eigenvalue weighted by atomic mass is 32.1. The van der Waals surface area contributed by atoms with Crippen LogP contribution in [0.5, 0.6) is 0 Å². The highest BCUT2D eigenvalue weighted by molar-refractivity contribution is 7.75. The van der Waals surface area contributed by atoms with Crippen LogP contribution in [0.4, 0.5) is 28.9 Å². The zero-order valence-electron chi connectivity index (χ0n) is 19.4. The van der Waals surface area contributed by atoms with Crippen LogP contribution in [0, 0.1) is 17.1 Å². The molecule has 0 aliphatic carbocycles. The van der Waals surface area contributed by atoms with Crippen LogP contribution in [0.1, 0.15) is 35.3 Å². The second-order valence-electron chi connectivity index (χ2n) is 8.47. The van der Waals surface area contributed by atoms with Gasteiger partial charge in [-0.2, -0.15) is 18.4 Å². The summed E-state index contributed by atoms with van der Waals surface area (Å²) in [4.78, 5) is 27.6. The maximum absolute atomic E-state index is 14.9. The summed E-state index contributed by atoms with van der Waals surface area (Å²) in [6.45, 7) is 1.62. The summed E-state index contributed by atoms with van der Waals surface area (Å²) in [7, 11) is 0. The fraction of sp³-hybridized carbons (Fsp3) is 0.348. The first-order chi connectivity index (χ1) is 17.3. The van der Waals surface area contributed by atoms with Crippen molar-refractivity contribution in [3.05, 3.63) is 58.9 Å². The largest absolute Gasteiger partial charge is 0.459 e. The number of benzene rings is 2. The van der Waals surface area contributed by atoms with Crippen molar-refractivity contribution in [2.75, 3.05) is 23.0 Å². The molecule has 198 valence electrons. The van der Waals surface area contributed by atoms with E-state index in [4.69, 9.17) is 19.3 Å². The lowest BCUT2D eigenvalue weighted by molar-refractivity contribution is -0.137. The lowest BCUT2D eigenvalue weighted by atomic mass is 10.0. The Balaban J connectivity index is 2.01. The van der Waals surface area contributed by atoms with Gasteiger partial charge in [0.05, 0.1) is 29.4 Å². The third-order valence-corrected chi connectivity index (χ3v) is 5.84. The van der Waals surface area contributed by atoms with Crippen molar-refractivity contribution < 1.29 is 46.3 Å². The molecule has 14 heteroatoms. The number of thiol groups is 1. The second kappa shape index (κ2) is 10.5. The summed E-state index contributed by atoms with van der Waals surface area (Å²) >= 11 is 3.79. The van der Waals surface area contributed by atoms with Crippen LogP contribution in [0.2, 0.25) is 0 Å². The summed E-state index contributed by atoms with van der Waals surface area (Å²) in [6.07, 6.45) is -7.67. The summed E-state index contributed by atoms with van der Waals surface area (Å²) in [5.74, 6) is -2.89. The molecule has 0 spiro atoms. The minimum Gasteiger partial charge on any atom is -0.459 e. The second-order valence-corrected chi connectivity index (χ2v) is 8.69. The predicted octanol–water partition coefficient (Wildman–Crippen LogP) is 3.00. The fourth-order valence-corrected chi connectivity index (χ4v) is 4.00. The number of aliphatic hydroxyl groups is 2. The van der Waals surface area contributed by atoms with Gasteiger partial charge in [-0.3, -0.25) is 13.9 Å². The van der Waals surface area contributed by atoms with Gasteiger partial charge in [0, 0.05) is 11.4 Å². The van der Waals surface area contributed by atoms with E-state index in [1.807, 2.05) is 0 Å². The van der Waals surface area contributed by atoms with Gasteiger partial charge in [0.25, 0.3) is 5.91 Å². The highest BCUT2D eigenvalue weighted by Gasteiger charge is 2.54. The van der Waals surface area contributed by atoms with Crippen LogP contribution >= 0.6 is 12.9 Å². The van der Waals surface area contributed by atoms with E-state index in [0.717, 1.165) is 29.2 Å². The van der Waals surface area contributed by atoms with Gasteiger partial charge in [-0.1, -0.05) is 0 Å². The topological polar surface area (TPSA) is 123 Å². The number of halogens is 4. The molecule has 0 saturated carbocycles. The number of aliphatic hydroxyl groups excluding tert-OH is 2. The van der Waals surface area contributed by atoms with Crippen molar-refractivity contribution in [1.29, 1.82) is 5.26 Å². The Morgan fingerprint density at radius 2 is 1.89 bits per heavy atom. The third-order valence-electron chi connectivity index (χ3n) is 5.66. The molecule has 0 radical (unpaired) electrons. The number of carbonyl (C=O) groups is 2. The van der Waals surface area contributed by atoms with Crippen molar-refractivity contribution in [2.45, 2.75) is 38.0 Å². The maximum Gasteiger partial charge on any atom is 0.417 e. The van der Waals surface area contributed by atoms with Gasteiger partial charge in [0.2, 0.25) is 6.35 Å². The molecule has 9 nitrogen and oxygen atoms in total. The Morgan fingerprint density at radius 3 is 2.43 bits per heavy atom. The molecule has 1 fully saturated rings. The predicted molar refractivity (Wildman–Crippen MR) is 124 cm³/mol. The lowest BCUT2D eigenvalue weighted by Gasteiger charge is -2.34. The number of alkyl halides is 3. The zero-order valence-corrected chi connectivity index (χ0v) is 20.3. The monoisotopic (exact) mass is 543 g/mol. The van der Waals surface area contributed by atoms with Crippen molar-refractivity contribution >= 4 is 36.2 Å². The Morgan fingerprint density at radius 1 is 1.24 bits per heavy atom. The standard InChI is InChI=1S/C23H21F4N3O6S/c1-22(2)20(34)29(13-4-3-12(9-28)17(7-13)23(25,26)27)21(36-37)30(22)14-5-6-16(18(24)8-14)19(33)35-11-15(32)10-31/h3-8,15,21,31-32,37H,10-11H2,1-2H3/t15-,21+/m0/s1. The molecule has 0 bridgehead atoms. The third kappa shape index (κ3) is 5.35. The van der Waals surface area contributed by atoms with E-state index in [1.54, 1.807) is 0 Å². The molecule has 2 aromatic rings. The van der Waals surface area contributed by atoms with Crippen LogP contribution in [0.25, 0.3) is 0 Å². The molecule has 2 aromatic carbocycles. The van der Waals surface area contributed by atoms with E-state index >= 15 is 0 Å². The summed E-state index contributed by atoms with van der Waals surface area (Å²) in [6, 6.07) is 7.38. The number of nitriles is 1. The van der Waals surface area contributed by atoms with Crippen LogP contribution in [-0.2, 0) is 19.9 Å². The van der Waals surface area contributed by atoms with E-state index in [9.17, 15) is 32.3 Å². The molecule has 1 saturated heterocycles. The molecule has 2 atom stereocenters. The first-order valence-corrected chi connectivity index (χ1v) is 10.9. The van der Waals surface area contributed by atoms with Crippen LogP contribution in [0.3, 0.4) is 0 Å². The SMILES string of the molecule is CC1(C)C(=O)N(c2ccc(C#N)c(C(F)(F)F)c2)[C@@H](OS)N1c1ccc(C(=O)OC[C@@H](O)CO)c(F)c1. The quantitative estimate of drug-likeness (QED) is 0.211. The molecular formula is C23H21F4N3O6S. The van der Waals surface area contributed by atoms with E-state index in [2.05, 4.69) is 12.9 Å². The number of carbonyl (C=O) groups excluding carboxylic acids is 2. The number of amides is 1. The minimum absolute atomic E-state index is 0.0223. The van der Waals surface area contributed by atoms with E-state index in [0.29, 0.717) is 6.07 Å². The number of ether oxygens (including phenoxy) is 1. The first-order valence-electron chi connectivity index (χ1n) is 10.6. The molecule has 2 N–H and O–H groups in total. The van der Waals surface area contributed by atoms with Crippen molar-refractivity contribution in [1.82, 2.24) is 0 Å². The fourth-order valence-electron chi connectivity index (χ4n) is 3.81. The minimum atomic E-state index is -4.88. The number of hydrogen-bond acceptors (Lipinski definition) is 9. The molecule has 1 aliphatic rings. The normalized spacial score (nSPS) is 18.1. The lowest BCUT2D eigenvalue weighted by Crippen LogP contribution is -2.46. The summed E-state index contributed by atoms with van der Waals surface area (Å²) < 4.78 is 65.3. The van der Waals surface area contributed by atoms with E-state index < -0.39 is 71.8 Å². The van der Waals surface area contributed by atoms with Gasteiger partial charge >= 0.3 is 12.1 Å². The van der Waals surface area contributed by atoms with Crippen LogP contribution in [-0.4, -0.2) is 53.3 Å². The number of rotatable bonds is 7. The van der Waals surface area contributed by atoms with Crippen LogP contribution < -0.4 is 9.80 Å². The zero-order chi connectivity index (χ0) is 27.7. The van der Waals surface area contributed by atoms with Crippen molar-refractivity contribution in [3.63, 3.8) is 0 Å². The van der Waals surface area contributed by atoms with Crippen LogP contribution in [0.15, 0.2) is 36.4 Å². The molecule has 1 heterocycles. The number of esters is 1. The Labute approximate surface area is 214 Å². The van der Waals surface area contributed by atoms with Crippen molar-refractivity contribution in [3.8, 4) is 6.07 Å². The molecule has 1 aliphatic heterocycles. The molecule has 3 rings (SSSR count). The Hall–Kier alpha value is -3.38.